The maximum absolute atomic E-state index is 6.33. The van der Waals surface area contributed by atoms with Crippen molar-refractivity contribution in [3.8, 4) is 5.75 Å². The SMILES string of the molecule is c1ccc2c3c(ccc2c1)SC1(CCCC1)O3. The van der Waals surface area contributed by atoms with Crippen LogP contribution in [0.4, 0.5) is 0 Å². The standard InChI is InChI=1S/C15H14OS/c1-2-6-12-11(5-1)7-8-13-14(12)16-15(17-13)9-3-4-10-15/h1-2,5-8H,3-4,9-10H2. The van der Waals surface area contributed by atoms with E-state index < -0.39 is 0 Å². The van der Waals surface area contributed by atoms with Crippen molar-refractivity contribution in [3.63, 3.8) is 0 Å². The number of thioether (sulfide) groups is 1. The fourth-order valence-corrected chi connectivity index (χ4v) is 4.33. The van der Waals surface area contributed by atoms with Crippen LogP contribution < -0.4 is 4.74 Å². The van der Waals surface area contributed by atoms with Crippen LogP contribution in [0, 0.1) is 0 Å². The van der Waals surface area contributed by atoms with Crippen molar-refractivity contribution in [2.75, 3.05) is 0 Å². The minimum absolute atomic E-state index is 0.0620. The summed E-state index contributed by atoms with van der Waals surface area (Å²) in [6.07, 6.45) is 5.00. The third-order valence-corrected chi connectivity index (χ3v) is 5.20. The Hall–Kier alpha value is -1.15. The highest BCUT2D eigenvalue weighted by molar-refractivity contribution is 8.00. The second kappa shape index (κ2) is 3.42. The summed E-state index contributed by atoms with van der Waals surface area (Å²) in [7, 11) is 0. The molecular weight excluding hydrogens is 228 g/mol. The Morgan fingerprint density at radius 2 is 1.82 bits per heavy atom. The molecule has 0 amide bonds. The molecule has 1 saturated carbocycles. The van der Waals surface area contributed by atoms with Gasteiger partial charge in [-0.15, -0.1) is 0 Å². The topological polar surface area (TPSA) is 9.23 Å². The van der Waals surface area contributed by atoms with Crippen molar-refractivity contribution in [2.45, 2.75) is 35.5 Å². The zero-order valence-electron chi connectivity index (χ0n) is 9.61. The van der Waals surface area contributed by atoms with Gasteiger partial charge in [-0.2, -0.15) is 0 Å². The molecule has 2 heteroatoms. The predicted molar refractivity (Wildman–Crippen MR) is 71.6 cm³/mol. The van der Waals surface area contributed by atoms with Gasteiger partial charge < -0.3 is 4.74 Å². The fourth-order valence-electron chi connectivity index (χ4n) is 2.93. The van der Waals surface area contributed by atoms with Crippen molar-refractivity contribution in [2.24, 2.45) is 0 Å². The first-order valence-electron chi connectivity index (χ1n) is 6.26. The molecule has 17 heavy (non-hydrogen) atoms. The van der Waals surface area contributed by atoms with Gasteiger partial charge >= 0.3 is 0 Å². The van der Waals surface area contributed by atoms with Gasteiger partial charge in [-0.3, -0.25) is 0 Å². The summed E-state index contributed by atoms with van der Waals surface area (Å²) in [6, 6.07) is 12.9. The fraction of sp³-hybridized carbons (Fsp3) is 0.333. The minimum atomic E-state index is 0.0620. The number of fused-ring (bicyclic) bond motifs is 3. The van der Waals surface area contributed by atoms with E-state index in [4.69, 9.17) is 4.74 Å². The second-order valence-corrected chi connectivity index (χ2v) is 6.32. The highest BCUT2D eigenvalue weighted by atomic mass is 32.2. The molecule has 0 unspecified atom stereocenters. The first-order valence-corrected chi connectivity index (χ1v) is 7.08. The van der Waals surface area contributed by atoms with Crippen LogP contribution >= 0.6 is 11.8 Å². The van der Waals surface area contributed by atoms with Gasteiger partial charge in [0.15, 0.2) is 4.93 Å². The van der Waals surface area contributed by atoms with Gasteiger partial charge in [0, 0.05) is 5.39 Å². The molecule has 1 nitrogen and oxygen atoms in total. The van der Waals surface area contributed by atoms with Crippen LogP contribution in [0.25, 0.3) is 10.8 Å². The number of rotatable bonds is 0. The third kappa shape index (κ3) is 1.40. The normalized spacial score (nSPS) is 20.7. The van der Waals surface area contributed by atoms with Crippen molar-refractivity contribution >= 4 is 22.5 Å². The summed E-state index contributed by atoms with van der Waals surface area (Å²) in [6.45, 7) is 0. The smallest absolute Gasteiger partial charge is 0.159 e. The Morgan fingerprint density at radius 1 is 1.00 bits per heavy atom. The van der Waals surface area contributed by atoms with E-state index >= 15 is 0 Å². The lowest BCUT2D eigenvalue weighted by Crippen LogP contribution is -2.23. The van der Waals surface area contributed by atoms with Crippen molar-refractivity contribution in [3.05, 3.63) is 36.4 Å². The average Bonchev–Trinajstić information content (AvgIpc) is 2.96. The van der Waals surface area contributed by atoms with Crippen LogP contribution in [0.3, 0.4) is 0 Å². The predicted octanol–water partition coefficient (Wildman–Crippen LogP) is 4.59. The van der Waals surface area contributed by atoms with Crippen molar-refractivity contribution in [1.29, 1.82) is 0 Å². The van der Waals surface area contributed by atoms with Gasteiger partial charge in [0.05, 0.1) is 4.90 Å². The largest absolute Gasteiger partial charge is 0.474 e. The van der Waals surface area contributed by atoms with Gasteiger partial charge in [-0.25, -0.2) is 0 Å². The first kappa shape index (κ1) is 9.84. The molecule has 1 aliphatic carbocycles. The Labute approximate surface area is 105 Å². The molecule has 0 atom stereocenters. The van der Waals surface area contributed by atoms with Crippen molar-refractivity contribution in [1.82, 2.24) is 0 Å². The second-order valence-electron chi connectivity index (χ2n) is 4.94. The van der Waals surface area contributed by atoms with Crippen LogP contribution in [-0.2, 0) is 0 Å². The zero-order chi connectivity index (χ0) is 11.3. The van der Waals surface area contributed by atoms with Crippen molar-refractivity contribution < 1.29 is 4.74 Å². The lowest BCUT2D eigenvalue weighted by atomic mass is 10.1. The molecule has 0 N–H and O–H groups in total. The Balaban J connectivity index is 1.89. The van der Waals surface area contributed by atoms with E-state index in [0.717, 1.165) is 5.75 Å². The quantitative estimate of drug-likeness (QED) is 0.668. The van der Waals surface area contributed by atoms with E-state index in [-0.39, 0.29) is 4.93 Å². The molecule has 0 saturated heterocycles. The molecule has 0 bridgehead atoms. The molecule has 0 aromatic heterocycles. The van der Waals surface area contributed by atoms with Crippen LogP contribution in [0.1, 0.15) is 25.7 Å². The van der Waals surface area contributed by atoms with Gasteiger partial charge in [0.2, 0.25) is 0 Å². The third-order valence-electron chi connectivity index (χ3n) is 3.79. The first-order chi connectivity index (χ1) is 8.36. The van der Waals surface area contributed by atoms with Crippen LogP contribution in [-0.4, -0.2) is 4.93 Å². The summed E-state index contributed by atoms with van der Waals surface area (Å²) < 4.78 is 6.33. The zero-order valence-corrected chi connectivity index (χ0v) is 10.4. The van der Waals surface area contributed by atoms with Gasteiger partial charge in [-0.1, -0.05) is 42.1 Å². The highest BCUT2D eigenvalue weighted by Gasteiger charge is 2.43. The van der Waals surface area contributed by atoms with E-state index in [1.54, 1.807) is 0 Å². The Bertz CT molecular complexity index is 584. The number of hydrogen-bond acceptors (Lipinski definition) is 2. The van der Waals surface area contributed by atoms with E-state index in [1.807, 2.05) is 11.8 Å². The van der Waals surface area contributed by atoms with E-state index in [0.29, 0.717) is 0 Å². The Kier molecular flexibility index (Phi) is 1.98. The summed E-state index contributed by atoms with van der Waals surface area (Å²) >= 11 is 1.94. The average molecular weight is 242 g/mol. The maximum atomic E-state index is 6.33. The molecule has 86 valence electrons. The molecular formula is C15H14OS. The lowest BCUT2D eigenvalue weighted by molar-refractivity contribution is 0.184. The van der Waals surface area contributed by atoms with E-state index in [2.05, 4.69) is 36.4 Å². The highest BCUT2D eigenvalue weighted by Crippen LogP contribution is 2.56. The maximum Gasteiger partial charge on any atom is 0.159 e. The molecule has 4 rings (SSSR count). The van der Waals surface area contributed by atoms with Crippen LogP contribution in [0.5, 0.6) is 5.75 Å². The number of ether oxygens (including phenoxy) is 1. The van der Waals surface area contributed by atoms with Gasteiger partial charge in [0.1, 0.15) is 5.75 Å². The van der Waals surface area contributed by atoms with Crippen LogP contribution in [0.15, 0.2) is 41.3 Å². The summed E-state index contributed by atoms with van der Waals surface area (Å²) in [5, 5.41) is 2.54. The lowest BCUT2D eigenvalue weighted by Gasteiger charge is -2.21. The molecule has 1 heterocycles. The molecule has 2 aliphatic rings. The molecule has 1 fully saturated rings. The Morgan fingerprint density at radius 3 is 2.71 bits per heavy atom. The number of benzene rings is 2. The molecule has 0 radical (unpaired) electrons. The van der Waals surface area contributed by atoms with E-state index in [1.165, 1.54) is 41.4 Å². The van der Waals surface area contributed by atoms with Gasteiger partial charge in [0.25, 0.3) is 0 Å². The summed E-state index contributed by atoms with van der Waals surface area (Å²) in [4.78, 5) is 1.39. The summed E-state index contributed by atoms with van der Waals surface area (Å²) in [5.74, 6) is 1.12. The van der Waals surface area contributed by atoms with Crippen LogP contribution in [0.2, 0.25) is 0 Å². The van der Waals surface area contributed by atoms with Gasteiger partial charge in [-0.05, 0) is 37.1 Å². The number of hydrogen-bond donors (Lipinski definition) is 0. The molecule has 2 aromatic carbocycles. The minimum Gasteiger partial charge on any atom is -0.474 e. The summed E-state index contributed by atoms with van der Waals surface area (Å²) in [5.41, 5.74) is 0. The van der Waals surface area contributed by atoms with E-state index in [9.17, 15) is 0 Å². The molecule has 2 aromatic rings. The monoisotopic (exact) mass is 242 g/mol. The molecule has 1 spiro atoms. The molecule has 1 aliphatic heterocycles.